The molecule has 0 spiro atoms. The molecule has 4 aromatic rings. The summed E-state index contributed by atoms with van der Waals surface area (Å²) in [6.45, 7) is 3.23. The van der Waals surface area contributed by atoms with Gasteiger partial charge in [0.2, 0.25) is 5.89 Å². The molecule has 29 heavy (non-hydrogen) atoms. The van der Waals surface area contributed by atoms with E-state index in [4.69, 9.17) is 9.15 Å². The minimum atomic E-state index is -0.417. The predicted octanol–water partition coefficient (Wildman–Crippen LogP) is 4.37. The predicted molar refractivity (Wildman–Crippen MR) is 108 cm³/mol. The van der Waals surface area contributed by atoms with Crippen molar-refractivity contribution in [3.63, 3.8) is 0 Å². The average Bonchev–Trinajstić information content (AvgIpc) is 3.08. The van der Waals surface area contributed by atoms with Gasteiger partial charge in [-0.2, -0.15) is 0 Å². The normalized spacial score (nSPS) is 11.3. The molecule has 6 nitrogen and oxygen atoms in total. The quantitative estimate of drug-likeness (QED) is 0.485. The first-order chi connectivity index (χ1) is 14.0. The summed E-state index contributed by atoms with van der Waals surface area (Å²) >= 11 is 0. The summed E-state index contributed by atoms with van der Waals surface area (Å²) < 4.78 is 24.5. The average molecular weight is 392 g/mol. The first kappa shape index (κ1) is 19.0. The van der Waals surface area contributed by atoms with Crippen LogP contribution in [-0.2, 0) is 13.1 Å². The fraction of sp³-hybridized carbons (Fsp3) is 0.227. The zero-order valence-corrected chi connectivity index (χ0v) is 16.5. The van der Waals surface area contributed by atoms with Crippen LogP contribution in [0.3, 0.4) is 0 Å². The Morgan fingerprint density at radius 2 is 1.83 bits per heavy atom. The minimum Gasteiger partial charge on any atom is -0.494 e. The first-order valence-electron chi connectivity index (χ1n) is 9.22. The zero-order valence-electron chi connectivity index (χ0n) is 16.5. The van der Waals surface area contributed by atoms with Crippen LogP contribution in [0, 0.1) is 12.7 Å². The third-order valence-corrected chi connectivity index (χ3v) is 4.70. The number of nitrogens with zero attached hydrogens (tertiary/aromatic N) is 4. The van der Waals surface area contributed by atoms with Crippen LogP contribution < -0.4 is 4.74 Å². The van der Waals surface area contributed by atoms with E-state index in [9.17, 15) is 4.39 Å². The van der Waals surface area contributed by atoms with E-state index in [0.29, 0.717) is 18.0 Å². The van der Waals surface area contributed by atoms with Crippen molar-refractivity contribution in [2.75, 3.05) is 14.2 Å². The lowest BCUT2D eigenvalue weighted by Gasteiger charge is -2.15. The highest BCUT2D eigenvalue weighted by molar-refractivity contribution is 5.74. The number of aryl methyl sites for hydroxylation is 1. The summed E-state index contributed by atoms with van der Waals surface area (Å²) in [5, 5.41) is 0. The van der Waals surface area contributed by atoms with Gasteiger partial charge in [-0.05, 0) is 49.9 Å². The molecule has 2 heterocycles. The maximum Gasteiger partial charge on any atom is 0.226 e. The van der Waals surface area contributed by atoms with Crippen LogP contribution in [0.15, 0.2) is 53.2 Å². The summed E-state index contributed by atoms with van der Waals surface area (Å²) in [5.74, 6) is 0.931. The number of hydrogen-bond donors (Lipinski definition) is 0. The highest BCUT2D eigenvalue weighted by Crippen LogP contribution is 2.27. The minimum absolute atomic E-state index is 0.163. The molecule has 2 aromatic carbocycles. The lowest BCUT2D eigenvalue weighted by atomic mass is 10.2. The van der Waals surface area contributed by atoms with Gasteiger partial charge in [0.15, 0.2) is 11.6 Å². The number of fused-ring (bicyclic) bond motifs is 1. The third-order valence-electron chi connectivity index (χ3n) is 4.70. The summed E-state index contributed by atoms with van der Waals surface area (Å²) in [4.78, 5) is 15.4. The van der Waals surface area contributed by atoms with Crippen LogP contribution in [0.1, 0.15) is 17.0 Å². The zero-order chi connectivity index (χ0) is 20.4. The van der Waals surface area contributed by atoms with Gasteiger partial charge in [-0.15, -0.1) is 0 Å². The van der Waals surface area contributed by atoms with E-state index in [1.807, 2.05) is 26.1 Å². The number of ether oxygens (including phenoxy) is 1. The maximum atomic E-state index is 13.7. The Labute approximate surface area is 168 Å². The smallest absolute Gasteiger partial charge is 0.226 e. The van der Waals surface area contributed by atoms with Gasteiger partial charge in [-0.25, -0.2) is 9.37 Å². The largest absolute Gasteiger partial charge is 0.494 e. The SMILES string of the molecule is COc1cc(-c2nc(CN(C)Cc3ccc4nccnc4c3)c(C)o2)ccc1F. The van der Waals surface area contributed by atoms with Crippen molar-refractivity contribution in [2.24, 2.45) is 0 Å². The molecule has 0 bridgehead atoms. The Morgan fingerprint density at radius 3 is 2.62 bits per heavy atom. The van der Waals surface area contributed by atoms with E-state index in [1.54, 1.807) is 24.5 Å². The standard InChI is InChI=1S/C22H21FN4O2/c1-14-20(26-22(29-14)16-5-6-17(23)21(11-16)28-3)13-27(2)12-15-4-7-18-19(10-15)25-9-8-24-18/h4-11H,12-13H2,1-3H3. The van der Waals surface area contributed by atoms with E-state index in [1.165, 1.54) is 13.2 Å². The van der Waals surface area contributed by atoms with E-state index in [0.717, 1.165) is 34.6 Å². The van der Waals surface area contributed by atoms with Crippen molar-refractivity contribution in [1.29, 1.82) is 0 Å². The maximum absolute atomic E-state index is 13.7. The van der Waals surface area contributed by atoms with Crippen LogP contribution in [0.4, 0.5) is 4.39 Å². The van der Waals surface area contributed by atoms with E-state index in [2.05, 4.69) is 25.9 Å². The number of rotatable bonds is 6. The Morgan fingerprint density at radius 1 is 1.03 bits per heavy atom. The van der Waals surface area contributed by atoms with Gasteiger partial charge in [0, 0.05) is 31.0 Å². The summed E-state index contributed by atoms with van der Waals surface area (Å²) in [5.41, 5.74) is 4.42. The van der Waals surface area contributed by atoms with Crippen molar-refractivity contribution in [2.45, 2.75) is 20.0 Å². The van der Waals surface area contributed by atoms with Crippen molar-refractivity contribution < 1.29 is 13.5 Å². The van der Waals surface area contributed by atoms with Crippen LogP contribution in [0.25, 0.3) is 22.5 Å². The number of oxazole rings is 1. The monoisotopic (exact) mass is 392 g/mol. The second-order valence-corrected chi connectivity index (χ2v) is 6.92. The van der Waals surface area contributed by atoms with E-state index in [-0.39, 0.29) is 5.75 Å². The van der Waals surface area contributed by atoms with Crippen molar-refractivity contribution in [1.82, 2.24) is 19.9 Å². The number of halogens is 1. The van der Waals surface area contributed by atoms with E-state index < -0.39 is 5.82 Å². The van der Waals surface area contributed by atoms with Gasteiger partial charge in [-0.3, -0.25) is 14.9 Å². The number of aromatic nitrogens is 3. The van der Waals surface area contributed by atoms with Gasteiger partial charge in [0.05, 0.1) is 23.8 Å². The van der Waals surface area contributed by atoms with Gasteiger partial charge in [-0.1, -0.05) is 6.07 Å². The van der Waals surface area contributed by atoms with Crippen LogP contribution >= 0.6 is 0 Å². The van der Waals surface area contributed by atoms with Gasteiger partial charge in [0.1, 0.15) is 5.76 Å². The topological polar surface area (TPSA) is 64.3 Å². The van der Waals surface area contributed by atoms with Gasteiger partial charge >= 0.3 is 0 Å². The molecule has 0 saturated carbocycles. The Kier molecular flexibility index (Phi) is 5.22. The van der Waals surface area contributed by atoms with Crippen molar-refractivity contribution in [3.05, 3.63) is 71.6 Å². The van der Waals surface area contributed by atoms with Crippen LogP contribution in [-0.4, -0.2) is 34.0 Å². The first-order valence-corrected chi connectivity index (χ1v) is 9.22. The summed E-state index contributed by atoms with van der Waals surface area (Å²) in [6.07, 6.45) is 3.39. The molecule has 148 valence electrons. The number of methoxy groups -OCH3 is 1. The Balaban J connectivity index is 1.50. The molecular formula is C22H21FN4O2. The fourth-order valence-corrected chi connectivity index (χ4v) is 3.22. The Bertz CT molecular complexity index is 1160. The molecular weight excluding hydrogens is 371 g/mol. The van der Waals surface area contributed by atoms with Crippen LogP contribution in [0.2, 0.25) is 0 Å². The van der Waals surface area contributed by atoms with Gasteiger partial charge < -0.3 is 9.15 Å². The molecule has 4 rings (SSSR count). The molecule has 0 fully saturated rings. The molecule has 0 aliphatic carbocycles. The fourth-order valence-electron chi connectivity index (χ4n) is 3.22. The van der Waals surface area contributed by atoms with E-state index >= 15 is 0 Å². The summed E-state index contributed by atoms with van der Waals surface area (Å²) in [7, 11) is 3.46. The lowest BCUT2D eigenvalue weighted by molar-refractivity contribution is 0.313. The molecule has 0 atom stereocenters. The second-order valence-electron chi connectivity index (χ2n) is 6.92. The molecule has 2 aromatic heterocycles. The van der Waals surface area contributed by atoms with Gasteiger partial charge in [0.25, 0.3) is 0 Å². The van der Waals surface area contributed by atoms with Crippen molar-refractivity contribution >= 4 is 11.0 Å². The molecule has 0 unspecified atom stereocenters. The highest BCUT2D eigenvalue weighted by atomic mass is 19.1. The number of hydrogen-bond acceptors (Lipinski definition) is 6. The van der Waals surface area contributed by atoms with Crippen molar-refractivity contribution in [3.8, 4) is 17.2 Å². The third kappa shape index (κ3) is 4.09. The molecule has 0 aliphatic heterocycles. The second kappa shape index (κ2) is 7.97. The molecule has 7 heteroatoms. The molecule has 0 amide bonds. The highest BCUT2D eigenvalue weighted by Gasteiger charge is 2.15. The molecule has 0 radical (unpaired) electrons. The molecule has 0 saturated heterocycles. The number of benzene rings is 2. The summed E-state index contributed by atoms with van der Waals surface area (Å²) in [6, 6.07) is 10.6. The molecule has 0 N–H and O–H groups in total. The Hall–Kier alpha value is -3.32. The molecule has 0 aliphatic rings. The van der Waals surface area contributed by atoms with Crippen LogP contribution in [0.5, 0.6) is 5.75 Å². The lowest BCUT2D eigenvalue weighted by Crippen LogP contribution is -2.18.